The monoisotopic (exact) mass is 344 g/mol. The molecule has 2 nitrogen and oxygen atoms in total. The van der Waals surface area contributed by atoms with Crippen molar-refractivity contribution in [1.29, 1.82) is 0 Å². The van der Waals surface area contributed by atoms with Crippen LogP contribution >= 0.6 is 15.9 Å². The molecule has 1 aliphatic heterocycles. The predicted octanol–water partition coefficient (Wildman–Crippen LogP) is 5.02. The first-order valence-electron chi connectivity index (χ1n) is 7.74. The van der Waals surface area contributed by atoms with Crippen molar-refractivity contribution in [2.45, 2.75) is 32.2 Å². The first kappa shape index (κ1) is 14.6. The van der Waals surface area contributed by atoms with Crippen LogP contribution in [0.2, 0.25) is 0 Å². The molecule has 0 fully saturated rings. The van der Waals surface area contributed by atoms with Crippen molar-refractivity contribution < 1.29 is 0 Å². The quantitative estimate of drug-likeness (QED) is 0.540. The highest BCUT2D eigenvalue weighted by Crippen LogP contribution is 2.37. The number of unbranched alkanes of at least 4 members (excludes halogenated alkanes) is 3. The third kappa shape index (κ3) is 3.29. The molecule has 2 aromatic rings. The van der Waals surface area contributed by atoms with Crippen LogP contribution in [0.3, 0.4) is 0 Å². The number of aromatic nitrogens is 1. The van der Waals surface area contributed by atoms with Gasteiger partial charge in [-0.25, -0.2) is 0 Å². The van der Waals surface area contributed by atoms with Gasteiger partial charge in [-0.15, -0.1) is 0 Å². The number of nitrogens with zero attached hydrogens (tertiary/aromatic N) is 2. The van der Waals surface area contributed by atoms with E-state index in [4.69, 9.17) is 0 Å². The van der Waals surface area contributed by atoms with Crippen LogP contribution in [0, 0.1) is 0 Å². The Morgan fingerprint density at radius 1 is 1.00 bits per heavy atom. The SMILES string of the molecule is BrCCCCCCN1Cc2ccccc2-c2ncccc21. The standard InChI is InChI=1S/C18H21BrN2/c19-11-5-1-2-6-13-21-14-15-8-3-4-9-16(15)18-17(21)10-7-12-20-18/h3-4,7-10,12H,1-2,5-6,11,13-14H2. The summed E-state index contributed by atoms with van der Waals surface area (Å²) >= 11 is 3.50. The normalized spacial score (nSPS) is 12.9. The van der Waals surface area contributed by atoms with Crippen molar-refractivity contribution in [3.63, 3.8) is 0 Å². The molecule has 0 saturated heterocycles. The molecule has 0 amide bonds. The molecule has 1 aliphatic rings. The van der Waals surface area contributed by atoms with E-state index >= 15 is 0 Å². The van der Waals surface area contributed by atoms with Gasteiger partial charge in [-0.05, 0) is 30.5 Å². The third-order valence-electron chi connectivity index (χ3n) is 4.07. The topological polar surface area (TPSA) is 16.1 Å². The first-order chi connectivity index (χ1) is 10.4. The zero-order chi connectivity index (χ0) is 14.5. The molecule has 0 N–H and O–H groups in total. The number of hydrogen-bond donors (Lipinski definition) is 0. The number of pyridine rings is 1. The van der Waals surface area contributed by atoms with Gasteiger partial charge >= 0.3 is 0 Å². The van der Waals surface area contributed by atoms with Crippen LogP contribution in [-0.2, 0) is 6.54 Å². The Hall–Kier alpha value is -1.35. The van der Waals surface area contributed by atoms with E-state index in [1.807, 2.05) is 12.3 Å². The second-order valence-electron chi connectivity index (χ2n) is 5.55. The van der Waals surface area contributed by atoms with Crippen LogP contribution in [0.5, 0.6) is 0 Å². The number of halogens is 1. The molecule has 1 aromatic heterocycles. The Morgan fingerprint density at radius 2 is 1.86 bits per heavy atom. The Kier molecular flexibility index (Phi) is 4.91. The maximum absolute atomic E-state index is 4.62. The summed E-state index contributed by atoms with van der Waals surface area (Å²) in [4.78, 5) is 7.11. The molecule has 0 aliphatic carbocycles. The van der Waals surface area contributed by atoms with Gasteiger partial charge in [-0.3, -0.25) is 4.98 Å². The summed E-state index contributed by atoms with van der Waals surface area (Å²) in [6.45, 7) is 2.13. The number of rotatable bonds is 6. The average Bonchev–Trinajstić information content (AvgIpc) is 2.54. The molecule has 110 valence electrons. The van der Waals surface area contributed by atoms with Crippen LogP contribution in [0.25, 0.3) is 11.3 Å². The fraction of sp³-hybridized carbons (Fsp3) is 0.389. The van der Waals surface area contributed by atoms with Gasteiger partial charge in [0.15, 0.2) is 0 Å². The van der Waals surface area contributed by atoms with E-state index in [1.54, 1.807) is 0 Å². The van der Waals surface area contributed by atoms with Crippen molar-refractivity contribution in [2.24, 2.45) is 0 Å². The van der Waals surface area contributed by atoms with Crippen LogP contribution in [0.1, 0.15) is 31.2 Å². The maximum atomic E-state index is 4.62. The molecular weight excluding hydrogens is 324 g/mol. The van der Waals surface area contributed by atoms with E-state index in [2.05, 4.69) is 56.1 Å². The zero-order valence-electron chi connectivity index (χ0n) is 12.3. The highest BCUT2D eigenvalue weighted by atomic mass is 79.9. The number of anilines is 1. The number of hydrogen-bond acceptors (Lipinski definition) is 2. The Bertz CT molecular complexity index is 597. The lowest BCUT2D eigenvalue weighted by Gasteiger charge is -2.32. The number of alkyl halides is 1. The molecule has 21 heavy (non-hydrogen) atoms. The minimum atomic E-state index is 1.01. The van der Waals surface area contributed by atoms with E-state index in [9.17, 15) is 0 Å². The van der Waals surface area contributed by atoms with Gasteiger partial charge in [0.1, 0.15) is 0 Å². The minimum absolute atomic E-state index is 1.01. The van der Waals surface area contributed by atoms with Crippen molar-refractivity contribution in [3.05, 3.63) is 48.2 Å². The summed E-state index contributed by atoms with van der Waals surface area (Å²) < 4.78 is 0. The van der Waals surface area contributed by atoms with E-state index in [-0.39, 0.29) is 0 Å². The van der Waals surface area contributed by atoms with Crippen molar-refractivity contribution >= 4 is 21.6 Å². The van der Waals surface area contributed by atoms with E-state index < -0.39 is 0 Å². The third-order valence-corrected chi connectivity index (χ3v) is 4.63. The van der Waals surface area contributed by atoms with E-state index in [0.29, 0.717) is 0 Å². The van der Waals surface area contributed by atoms with Gasteiger partial charge < -0.3 is 4.90 Å². The summed E-state index contributed by atoms with van der Waals surface area (Å²) in [6, 6.07) is 12.9. The highest BCUT2D eigenvalue weighted by molar-refractivity contribution is 9.09. The predicted molar refractivity (Wildman–Crippen MR) is 93.0 cm³/mol. The van der Waals surface area contributed by atoms with E-state index in [1.165, 1.54) is 42.5 Å². The second-order valence-corrected chi connectivity index (χ2v) is 6.35. The Balaban J connectivity index is 1.75. The lowest BCUT2D eigenvalue weighted by atomic mass is 9.97. The van der Waals surface area contributed by atoms with Gasteiger partial charge in [0.05, 0.1) is 11.4 Å². The van der Waals surface area contributed by atoms with Gasteiger partial charge in [0.25, 0.3) is 0 Å². The van der Waals surface area contributed by atoms with Gasteiger partial charge in [-0.2, -0.15) is 0 Å². The molecule has 0 spiro atoms. The molecule has 0 bridgehead atoms. The summed E-state index contributed by atoms with van der Waals surface area (Å²) in [6.07, 6.45) is 7.05. The fourth-order valence-corrected chi connectivity index (χ4v) is 3.39. The average molecular weight is 345 g/mol. The lowest BCUT2D eigenvalue weighted by molar-refractivity contribution is 0.643. The minimum Gasteiger partial charge on any atom is -0.365 e. The van der Waals surface area contributed by atoms with E-state index in [0.717, 1.165) is 24.1 Å². The highest BCUT2D eigenvalue weighted by Gasteiger charge is 2.21. The molecule has 0 unspecified atom stereocenters. The molecule has 2 heterocycles. The molecule has 3 heteroatoms. The van der Waals surface area contributed by atoms with Crippen molar-refractivity contribution in [1.82, 2.24) is 4.98 Å². The molecule has 0 atom stereocenters. The summed E-state index contributed by atoms with van der Waals surface area (Å²) in [5, 5.41) is 1.12. The molecule has 0 radical (unpaired) electrons. The lowest BCUT2D eigenvalue weighted by Crippen LogP contribution is -2.28. The van der Waals surface area contributed by atoms with Crippen LogP contribution < -0.4 is 4.90 Å². The van der Waals surface area contributed by atoms with Crippen molar-refractivity contribution in [2.75, 3.05) is 16.8 Å². The van der Waals surface area contributed by atoms with Crippen molar-refractivity contribution in [3.8, 4) is 11.3 Å². The maximum Gasteiger partial charge on any atom is 0.0938 e. The Morgan fingerprint density at radius 3 is 2.76 bits per heavy atom. The first-order valence-corrected chi connectivity index (χ1v) is 8.86. The molecule has 3 rings (SSSR count). The van der Waals surface area contributed by atoms with Crippen LogP contribution in [-0.4, -0.2) is 16.9 Å². The smallest absolute Gasteiger partial charge is 0.0938 e. The molecule has 1 aromatic carbocycles. The molecular formula is C18H21BrN2. The van der Waals surface area contributed by atoms with Crippen LogP contribution in [0.15, 0.2) is 42.6 Å². The summed E-state index contributed by atoms with van der Waals surface area (Å²) in [7, 11) is 0. The van der Waals surface area contributed by atoms with Gasteiger partial charge in [0.2, 0.25) is 0 Å². The Labute approximate surface area is 135 Å². The van der Waals surface area contributed by atoms with Gasteiger partial charge in [0, 0.05) is 30.2 Å². The summed E-state index contributed by atoms with van der Waals surface area (Å²) in [5.41, 5.74) is 5.12. The fourth-order valence-electron chi connectivity index (χ4n) is 2.99. The number of benzene rings is 1. The zero-order valence-corrected chi connectivity index (χ0v) is 13.8. The summed E-state index contributed by atoms with van der Waals surface area (Å²) in [5.74, 6) is 0. The van der Waals surface area contributed by atoms with Crippen LogP contribution in [0.4, 0.5) is 5.69 Å². The molecule has 0 saturated carbocycles. The largest absolute Gasteiger partial charge is 0.365 e. The second kappa shape index (κ2) is 7.08. The van der Waals surface area contributed by atoms with Gasteiger partial charge in [-0.1, -0.05) is 53.0 Å². The number of fused-ring (bicyclic) bond motifs is 3.